The lowest BCUT2D eigenvalue weighted by atomic mass is 9.98. The summed E-state index contributed by atoms with van der Waals surface area (Å²) in [6, 6.07) is 5.11. The number of sulfonamides is 1. The lowest BCUT2D eigenvalue weighted by Gasteiger charge is -2.31. The Hall–Kier alpha value is -1.93. The predicted molar refractivity (Wildman–Crippen MR) is 102 cm³/mol. The van der Waals surface area contributed by atoms with E-state index in [-0.39, 0.29) is 24.1 Å². The van der Waals surface area contributed by atoms with Crippen LogP contribution in [0.15, 0.2) is 18.2 Å². The molecule has 1 aliphatic heterocycles. The largest absolute Gasteiger partial charge is 0.355 e. The molecule has 1 aromatic carbocycles. The van der Waals surface area contributed by atoms with Gasteiger partial charge in [-0.05, 0) is 43.9 Å². The summed E-state index contributed by atoms with van der Waals surface area (Å²) < 4.78 is 26.0. The second-order valence-electron chi connectivity index (χ2n) is 6.61. The summed E-state index contributed by atoms with van der Waals surface area (Å²) in [5.74, 6) is -0.721. The third kappa shape index (κ3) is 4.82. The maximum atomic E-state index is 12.7. The van der Waals surface area contributed by atoms with Crippen LogP contribution in [0.2, 0.25) is 0 Å². The first kappa shape index (κ1) is 20.4. The van der Waals surface area contributed by atoms with Crippen molar-refractivity contribution in [1.29, 1.82) is 0 Å². The van der Waals surface area contributed by atoms with E-state index in [2.05, 4.69) is 10.6 Å². The van der Waals surface area contributed by atoms with Crippen LogP contribution in [0.1, 0.15) is 42.1 Å². The van der Waals surface area contributed by atoms with Crippen molar-refractivity contribution in [2.24, 2.45) is 5.92 Å². The monoisotopic (exact) mass is 381 g/mol. The molecule has 1 fully saturated rings. The zero-order valence-electron chi connectivity index (χ0n) is 15.5. The highest BCUT2D eigenvalue weighted by molar-refractivity contribution is 7.89. The number of rotatable bonds is 6. The highest BCUT2D eigenvalue weighted by Gasteiger charge is 2.32. The van der Waals surface area contributed by atoms with Crippen molar-refractivity contribution in [3.63, 3.8) is 0 Å². The van der Waals surface area contributed by atoms with Crippen molar-refractivity contribution < 1.29 is 18.0 Å². The zero-order valence-corrected chi connectivity index (χ0v) is 16.4. The third-order valence-electron chi connectivity index (χ3n) is 4.60. The van der Waals surface area contributed by atoms with Crippen molar-refractivity contribution in [1.82, 2.24) is 9.62 Å². The van der Waals surface area contributed by atoms with E-state index >= 15 is 0 Å². The quantitative estimate of drug-likeness (QED) is 0.785. The molecule has 0 spiro atoms. The van der Waals surface area contributed by atoms with Gasteiger partial charge in [0.15, 0.2) is 0 Å². The number of carbonyl (C=O) groups excluding carboxylic acids is 2. The van der Waals surface area contributed by atoms with E-state index in [4.69, 9.17) is 0 Å². The number of nitrogens with zero attached hydrogens (tertiary/aromatic N) is 1. The summed E-state index contributed by atoms with van der Waals surface area (Å²) in [5, 5.41) is 5.42. The molecule has 0 radical (unpaired) electrons. The van der Waals surface area contributed by atoms with E-state index in [0.29, 0.717) is 37.1 Å². The van der Waals surface area contributed by atoms with Gasteiger partial charge in [-0.15, -0.1) is 0 Å². The normalized spacial score (nSPS) is 18.3. The van der Waals surface area contributed by atoms with E-state index in [1.807, 2.05) is 13.8 Å². The molecule has 0 saturated carbocycles. The summed E-state index contributed by atoms with van der Waals surface area (Å²) in [6.45, 7) is 4.36. The van der Waals surface area contributed by atoms with Gasteiger partial charge in [-0.2, -0.15) is 0 Å². The Morgan fingerprint density at radius 3 is 2.69 bits per heavy atom. The average molecular weight is 381 g/mol. The number of hydrogen-bond acceptors (Lipinski definition) is 4. The molecule has 2 N–H and O–H groups in total. The van der Waals surface area contributed by atoms with Crippen LogP contribution in [0, 0.1) is 12.8 Å². The average Bonchev–Trinajstić information content (AvgIpc) is 2.63. The van der Waals surface area contributed by atoms with Crippen molar-refractivity contribution in [3.05, 3.63) is 29.3 Å². The predicted octanol–water partition coefficient (Wildman–Crippen LogP) is 1.74. The zero-order chi connectivity index (χ0) is 19.3. The van der Waals surface area contributed by atoms with Crippen molar-refractivity contribution in [3.8, 4) is 0 Å². The molecule has 1 heterocycles. The van der Waals surface area contributed by atoms with Crippen molar-refractivity contribution in [2.45, 2.75) is 33.1 Å². The Bertz CT molecular complexity index is 777. The third-order valence-corrected chi connectivity index (χ3v) is 6.64. The molecular formula is C18H27N3O4S. The molecule has 0 bridgehead atoms. The van der Waals surface area contributed by atoms with Gasteiger partial charge in [0.25, 0.3) is 5.91 Å². The Morgan fingerprint density at radius 1 is 1.31 bits per heavy atom. The van der Waals surface area contributed by atoms with E-state index in [9.17, 15) is 18.0 Å². The van der Waals surface area contributed by atoms with Crippen LogP contribution >= 0.6 is 0 Å². The maximum Gasteiger partial charge on any atom is 0.251 e. The molecule has 0 aromatic heterocycles. The first-order valence-electron chi connectivity index (χ1n) is 8.90. The molecule has 8 heteroatoms. The SMILES string of the molecule is CCCS(=O)(=O)N1CCC[C@H](C(=O)Nc2cc(C(=O)NC)ccc2C)C1. The fourth-order valence-electron chi connectivity index (χ4n) is 3.07. The fourth-order valence-corrected chi connectivity index (χ4v) is 4.66. The van der Waals surface area contributed by atoms with E-state index in [1.54, 1.807) is 25.2 Å². The van der Waals surface area contributed by atoms with Gasteiger partial charge in [-0.3, -0.25) is 9.59 Å². The molecule has 1 aromatic rings. The molecule has 1 saturated heterocycles. The van der Waals surface area contributed by atoms with Gasteiger partial charge in [0.1, 0.15) is 0 Å². The minimum Gasteiger partial charge on any atom is -0.355 e. The van der Waals surface area contributed by atoms with Gasteiger partial charge in [-0.25, -0.2) is 12.7 Å². The Balaban J connectivity index is 2.11. The smallest absolute Gasteiger partial charge is 0.251 e. The summed E-state index contributed by atoms with van der Waals surface area (Å²) in [5.41, 5.74) is 1.88. The van der Waals surface area contributed by atoms with Gasteiger partial charge in [0, 0.05) is 31.4 Å². The number of carbonyl (C=O) groups is 2. The van der Waals surface area contributed by atoms with Crippen LogP contribution in [0.3, 0.4) is 0 Å². The summed E-state index contributed by atoms with van der Waals surface area (Å²) in [6.07, 6.45) is 1.87. The minimum absolute atomic E-state index is 0.106. The molecule has 0 unspecified atom stereocenters. The first-order valence-corrected chi connectivity index (χ1v) is 10.5. The van der Waals surface area contributed by atoms with Gasteiger partial charge in [0.2, 0.25) is 15.9 Å². The van der Waals surface area contributed by atoms with Gasteiger partial charge < -0.3 is 10.6 Å². The molecule has 144 valence electrons. The summed E-state index contributed by atoms with van der Waals surface area (Å²) in [7, 11) is -1.75. The Labute approximate surface area is 155 Å². The summed E-state index contributed by atoms with van der Waals surface area (Å²) in [4.78, 5) is 24.4. The molecule has 2 rings (SSSR count). The fraction of sp³-hybridized carbons (Fsp3) is 0.556. The Morgan fingerprint density at radius 2 is 2.04 bits per heavy atom. The number of hydrogen-bond donors (Lipinski definition) is 2. The standard InChI is InChI=1S/C18H27N3O4S/c1-4-10-26(24,25)21-9-5-6-15(12-21)18(23)20-16-11-14(17(22)19-3)8-7-13(16)2/h7-8,11,15H,4-6,9-10,12H2,1-3H3,(H,19,22)(H,20,23)/t15-/m0/s1. The van der Waals surface area contributed by atoms with Gasteiger partial charge >= 0.3 is 0 Å². The van der Waals surface area contributed by atoms with Gasteiger partial charge in [0.05, 0.1) is 11.7 Å². The minimum atomic E-state index is -3.30. The van der Waals surface area contributed by atoms with Crippen LogP contribution in [-0.2, 0) is 14.8 Å². The van der Waals surface area contributed by atoms with Gasteiger partial charge in [-0.1, -0.05) is 13.0 Å². The van der Waals surface area contributed by atoms with Crippen molar-refractivity contribution in [2.75, 3.05) is 31.2 Å². The molecular weight excluding hydrogens is 354 g/mol. The van der Waals surface area contributed by atoms with Crippen LogP contribution in [-0.4, -0.2) is 50.4 Å². The van der Waals surface area contributed by atoms with Crippen LogP contribution in [0.25, 0.3) is 0 Å². The molecule has 26 heavy (non-hydrogen) atoms. The number of amides is 2. The highest BCUT2D eigenvalue weighted by Crippen LogP contribution is 2.23. The molecule has 1 atom stereocenters. The van der Waals surface area contributed by atoms with Crippen molar-refractivity contribution >= 4 is 27.5 Å². The number of anilines is 1. The second kappa shape index (κ2) is 8.64. The summed E-state index contributed by atoms with van der Waals surface area (Å²) >= 11 is 0. The molecule has 0 aliphatic carbocycles. The highest BCUT2D eigenvalue weighted by atomic mass is 32.2. The maximum absolute atomic E-state index is 12.7. The van der Waals surface area contributed by atoms with E-state index < -0.39 is 15.9 Å². The number of nitrogens with one attached hydrogen (secondary N) is 2. The molecule has 1 aliphatic rings. The first-order chi connectivity index (χ1) is 12.3. The molecule has 7 nitrogen and oxygen atoms in total. The van der Waals surface area contributed by atoms with Crippen LogP contribution in [0.4, 0.5) is 5.69 Å². The number of aryl methyl sites for hydroxylation is 1. The lowest BCUT2D eigenvalue weighted by molar-refractivity contribution is -0.120. The molecule has 2 amide bonds. The topological polar surface area (TPSA) is 95.6 Å². The van der Waals surface area contributed by atoms with Crippen LogP contribution in [0.5, 0.6) is 0 Å². The van der Waals surface area contributed by atoms with E-state index in [0.717, 1.165) is 5.56 Å². The lowest BCUT2D eigenvalue weighted by Crippen LogP contribution is -2.44. The number of benzene rings is 1. The Kier molecular flexibility index (Phi) is 6.77. The van der Waals surface area contributed by atoms with Crippen LogP contribution < -0.4 is 10.6 Å². The van der Waals surface area contributed by atoms with E-state index in [1.165, 1.54) is 4.31 Å². The number of piperidine rings is 1. The second-order valence-corrected chi connectivity index (χ2v) is 8.70.